The lowest BCUT2D eigenvalue weighted by atomic mass is 9.87. The third-order valence-corrected chi connectivity index (χ3v) is 6.11. The van der Waals surface area contributed by atoms with E-state index in [2.05, 4.69) is 51.3 Å². The second-order valence-electron chi connectivity index (χ2n) is 8.16. The predicted molar refractivity (Wildman–Crippen MR) is 132 cm³/mol. The Labute approximate surface area is 191 Å². The van der Waals surface area contributed by atoms with Crippen LogP contribution in [0.4, 0.5) is 0 Å². The first-order valence-electron chi connectivity index (χ1n) is 11.7. The normalized spacial score (nSPS) is 18.7. The summed E-state index contributed by atoms with van der Waals surface area (Å²) in [6.45, 7) is 15.5. The maximum absolute atomic E-state index is 11.2. The number of halogens is 1. The highest BCUT2D eigenvalue weighted by atomic mass is 35.5. The van der Waals surface area contributed by atoms with Gasteiger partial charge in [-0.05, 0) is 57.7 Å². The summed E-state index contributed by atoms with van der Waals surface area (Å²) in [5.41, 5.74) is 2.96. The van der Waals surface area contributed by atoms with Crippen LogP contribution in [0.15, 0.2) is 35.1 Å². The zero-order valence-corrected chi connectivity index (χ0v) is 21.4. The van der Waals surface area contributed by atoms with E-state index in [0.29, 0.717) is 0 Å². The molecule has 0 saturated heterocycles. The van der Waals surface area contributed by atoms with Crippen molar-refractivity contribution in [3.05, 3.63) is 35.1 Å². The molecule has 0 spiro atoms. The van der Waals surface area contributed by atoms with Gasteiger partial charge in [-0.1, -0.05) is 76.3 Å². The molecule has 0 radical (unpaired) electrons. The molecule has 3 N–H and O–H groups in total. The van der Waals surface area contributed by atoms with Crippen LogP contribution in [0.1, 0.15) is 80.6 Å². The van der Waals surface area contributed by atoms with E-state index in [-0.39, 0.29) is 23.6 Å². The van der Waals surface area contributed by atoms with E-state index in [4.69, 9.17) is 16.3 Å². The van der Waals surface area contributed by atoms with Crippen LogP contribution >= 0.6 is 11.6 Å². The van der Waals surface area contributed by atoms with Gasteiger partial charge in [-0.25, -0.2) is 0 Å². The number of hydrogen-bond donors (Lipinski definition) is 3. The van der Waals surface area contributed by atoms with Crippen molar-refractivity contribution in [1.82, 2.24) is 10.6 Å². The van der Waals surface area contributed by atoms with Crippen LogP contribution in [-0.2, 0) is 4.74 Å². The number of nitrogens with one attached hydrogen (secondary N) is 2. The molecule has 0 bridgehead atoms. The minimum atomic E-state index is -0.494. The highest BCUT2D eigenvalue weighted by Gasteiger charge is 2.30. The SMILES string of the molecule is C/C=C/C(Cl)NC(/C=C(\C(C)OC)C(NCCCCC)C(O)C(C)CC)=C(/C)CC. The fourth-order valence-corrected chi connectivity index (χ4v) is 3.51. The minimum Gasteiger partial charge on any atom is -0.391 e. The highest BCUT2D eigenvalue weighted by Crippen LogP contribution is 2.23. The molecule has 0 amide bonds. The summed E-state index contributed by atoms with van der Waals surface area (Å²) in [7, 11) is 1.72. The maximum atomic E-state index is 11.2. The summed E-state index contributed by atoms with van der Waals surface area (Å²) in [5.74, 6) is 0.178. The number of aliphatic hydroxyl groups is 1. The Hall–Kier alpha value is -0.810. The van der Waals surface area contributed by atoms with Crippen molar-refractivity contribution in [2.24, 2.45) is 5.92 Å². The first-order valence-corrected chi connectivity index (χ1v) is 12.1. The first-order chi connectivity index (χ1) is 14.3. The number of alkyl halides is 1. The molecule has 0 heterocycles. The van der Waals surface area contributed by atoms with Crippen molar-refractivity contribution in [3.63, 3.8) is 0 Å². The molecular formula is C25H47ClN2O2. The van der Waals surface area contributed by atoms with Gasteiger partial charge in [-0.3, -0.25) is 0 Å². The zero-order valence-electron chi connectivity index (χ0n) is 20.6. The average molecular weight is 443 g/mol. The van der Waals surface area contributed by atoms with Gasteiger partial charge in [0.15, 0.2) is 0 Å². The van der Waals surface area contributed by atoms with Gasteiger partial charge < -0.3 is 20.5 Å². The molecule has 0 aromatic carbocycles. The van der Waals surface area contributed by atoms with Crippen LogP contribution in [0.25, 0.3) is 0 Å². The van der Waals surface area contributed by atoms with Crippen molar-refractivity contribution in [2.75, 3.05) is 13.7 Å². The molecule has 0 aromatic heterocycles. The minimum absolute atomic E-state index is 0.135. The van der Waals surface area contributed by atoms with E-state index in [9.17, 15) is 5.11 Å². The summed E-state index contributed by atoms with van der Waals surface area (Å²) in [6, 6.07) is -0.177. The maximum Gasteiger partial charge on any atom is 0.120 e. The molecule has 5 unspecified atom stereocenters. The number of aliphatic hydroxyl groups excluding tert-OH is 1. The number of methoxy groups -OCH3 is 1. The Morgan fingerprint density at radius 3 is 2.33 bits per heavy atom. The number of allylic oxidation sites excluding steroid dienone is 3. The third kappa shape index (κ3) is 10.5. The summed E-state index contributed by atoms with van der Waals surface area (Å²) < 4.78 is 5.73. The van der Waals surface area contributed by atoms with Crippen molar-refractivity contribution >= 4 is 11.6 Å². The van der Waals surface area contributed by atoms with Crippen molar-refractivity contribution in [2.45, 2.75) is 104 Å². The first kappa shape index (κ1) is 29.2. The topological polar surface area (TPSA) is 53.5 Å². The molecule has 0 aromatic rings. The summed E-state index contributed by atoms with van der Waals surface area (Å²) in [6.07, 6.45) is 10.6. The van der Waals surface area contributed by atoms with Crippen LogP contribution in [0.2, 0.25) is 0 Å². The zero-order chi connectivity index (χ0) is 23.1. The largest absolute Gasteiger partial charge is 0.391 e. The Balaban J connectivity index is 6.15. The molecule has 0 aliphatic heterocycles. The van der Waals surface area contributed by atoms with Crippen LogP contribution in [0, 0.1) is 5.92 Å². The molecule has 5 heteroatoms. The third-order valence-electron chi connectivity index (χ3n) is 5.85. The molecular weight excluding hydrogens is 396 g/mol. The molecule has 0 fully saturated rings. The van der Waals surface area contributed by atoms with Gasteiger partial charge in [0.1, 0.15) is 5.50 Å². The van der Waals surface area contributed by atoms with Gasteiger partial charge in [0, 0.05) is 12.8 Å². The highest BCUT2D eigenvalue weighted by molar-refractivity contribution is 6.21. The van der Waals surface area contributed by atoms with E-state index in [1.165, 1.54) is 18.4 Å². The van der Waals surface area contributed by atoms with E-state index in [0.717, 1.165) is 37.1 Å². The second-order valence-corrected chi connectivity index (χ2v) is 8.63. The Morgan fingerprint density at radius 1 is 1.17 bits per heavy atom. The van der Waals surface area contributed by atoms with Crippen LogP contribution in [0.5, 0.6) is 0 Å². The van der Waals surface area contributed by atoms with Crippen molar-refractivity contribution in [1.29, 1.82) is 0 Å². The Morgan fingerprint density at radius 2 is 1.83 bits per heavy atom. The van der Waals surface area contributed by atoms with Gasteiger partial charge in [0.2, 0.25) is 0 Å². The number of unbranched alkanes of at least 4 members (excludes halogenated alkanes) is 2. The lowest BCUT2D eigenvalue weighted by Gasteiger charge is -2.33. The average Bonchev–Trinajstić information content (AvgIpc) is 2.75. The molecule has 0 rings (SSSR count). The fourth-order valence-electron chi connectivity index (χ4n) is 3.25. The van der Waals surface area contributed by atoms with Crippen molar-refractivity contribution < 1.29 is 9.84 Å². The van der Waals surface area contributed by atoms with Crippen LogP contribution in [0.3, 0.4) is 0 Å². The van der Waals surface area contributed by atoms with Gasteiger partial charge >= 0.3 is 0 Å². The summed E-state index contributed by atoms with van der Waals surface area (Å²) in [4.78, 5) is 0. The second kappa shape index (κ2) is 16.8. The van der Waals surface area contributed by atoms with Crippen LogP contribution in [-0.4, -0.2) is 42.5 Å². The molecule has 5 atom stereocenters. The monoisotopic (exact) mass is 442 g/mol. The van der Waals surface area contributed by atoms with Gasteiger partial charge in [-0.2, -0.15) is 0 Å². The van der Waals surface area contributed by atoms with E-state index in [1.807, 2.05) is 26.0 Å². The van der Waals surface area contributed by atoms with Gasteiger partial charge in [-0.15, -0.1) is 0 Å². The molecule has 0 aliphatic rings. The van der Waals surface area contributed by atoms with E-state index in [1.54, 1.807) is 7.11 Å². The number of ether oxygens (including phenoxy) is 1. The predicted octanol–water partition coefficient (Wildman–Crippen LogP) is 5.92. The van der Waals surface area contributed by atoms with Crippen LogP contribution < -0.4 is 10.6 Å². The van der Waals surface area contributed by atoms with Gasteiger partial charge in [0.25, 0.3) is 0 Å². The molecule has 30 heavy (non-hydrogen) atoms. The van der Waals surface area contributed by atoms with E-state index >= 15 is 0 Å². The number of hydrogen-bond acceptors (Lipinski definition) is 4. The lowest BCUT2D eigenvalue weighted by molar-refractivity contribution is 0.0679. The smallest absolute Gasteiger partial charge is 0.120 e. The molecule has 176 valence electrons. The fraction of sp³-hybridized carbons (Fsp3) is 0.760. The molecule has 0 aliphatic carbocycles. The Kier molecular flexibility index (Phi) is 16.4. The molecule has 4 nitrogen and oxygen atoms in total. The lowest BCUT2D eigenvalue weighted by Crippen LogP contribution is -2.47. The summed E-state index contributed by atoms with van der Waals surface area (Å²) >= 11 is 6.45. The van der Waals surface area contributed by atoms with Crippen molar-refractivity contribution in [3.8, 4) is 0 Å². The standard InChI is InChI=1S/C25H47ClN2O2/c1-9-13-14-16-27-24(25(29)19(6)12-4)21(20(7)30-8)17-22(18(5)11-3)28-23(26)15-10-2/h10,15,17,19-20,23-25,27-29H,9,11-14,16H2,1-8H3/b15-10+,21-17+,22-18-. The quantitative estimate of drug-likeness (QED) is 0.0912. The Bertz CT molecular complexity index is 545. The van der Waals surface area contributed by atoms with Gasteiger partial charge in [0.05, 0.1) is 18.2 Å². The summed E-state index contributed by atoms with van der Waals surface area (Å²) in [5, 5.41) is 18.2. The molecule has 0 saturated carbocycles. The van der Waals surface area contributed by atoms with E-state index < -0.39 is 6.10 Å². The number of rotatable bonds is 16.